The van der Waals surface area contributed by atoms with Crippen LogP contribution in [-0.4, -0.2) is 34.9 Å². The van der Waals surface area contributed by atoms with E-state index in [1.54, 1.807) is 0 Å². The second kappa shape index (κ2) is 9.47. The molecule has 0 aliphatic carbocycles. The molecule has 2 rings (SSSR count). The summed E-state index contributed by atoms with van der Waals surface area (Å²) in [4.78, 5) is 7.52. The van der Waals surface area contributed by atoms with Gasteiger partial charge < -0.3 is 10.6 Å². The third-order valence-corrected chi connectivity index (χ3v) is 4.67. The lowest BCUT2D eigenvalue weighted by atomic mass is 10.2. The Labute approximate surface area is 149 Å². The smallest absolute Gasteiger partial charge is 0.191 e. The minimum Gasteiger partial charge on any atom is -0.357 e. The highest BCUT2D eigenvalue weighted by molar-refractivity contribution is 7.11. The molecule has 6 heteroatoms. The van der Waals surface area contributed by atoms with Gasteiger partial charge >= 0.3 is 0 Å². The van der Waals surface area contributed by atoms with Gasteiger partial charge in [-0.3, -0.25) is 9.67 Å². The van der Waals surface area contributed by atoms with Crippen LogP contribution in [0.1, 0.15) is 30.5 Å². The van der Waals surface area contributed by atoms with Gasteiger partial charge in [0.25, 0.3) is 0 Å². The zero-order valence-corrected chi connectivity index (χ0v) is 15.9. The summed E-state index contributed by atoms with van der Waals surface area (Å²) < 4.78 is 1.96. The van der Waals surface area contributed by atoms with Crippen LogP contribution < -0.4 is 10.6 Å². The maximum atomic E-state index is 4.74. The summed E-state index contributed by atoms with van der Waals surface area (Å²) in [5.41, 5.74) is 0. The normalized spacial score (nSPS) is 14.4. The quantitative estimate of drug-likeness (QED) is 0.570. The van der Waals surface area contributed by atoms with Crippen molar-refractivity contribution < 1.29 is 0 Å². The molecule has 2 heterocycles. The van der Waals surface area contributed by atoms with Crippen LogP contribution in [0.2, 0.25) is 0 Å². The van der Waals surface area contributed by atoms with Crippen molar-refractivity contribution in [2.24, 2.45) is 10.9 Å². The molecule has 2 aromatic rings. The van der Waals surface area contributed by atoms with Crippen molar-refractivity contribution in [2.45, 2.75) is 46.7 Å². The van der Waals surface area contributed by atoms with E-state index in [0.717, 1.165) is 32.0 Å². The second-order valence-electron chi connectivity index (χ2n) is 6.31. The van der Waals surface area contributed by atoms with Crippen LogP contribution in [0.4, 0.5) is 0 Å². The molecule has 0 aliphatic heterocycles. The number of rotatable bonds is 8. The minimum absolute atomic E-state index is 0.349. The molecule has 0 amide bonds. The number of guanidine groups is 1. The fourth-order valence-electron chi connectivity index (χ4n) is 2.53. The van der Waals surface area contributed by atoms with E-state index in [2.05, 4.69) is 55.6 Å². The highest BCUT2D eigenvalue weighted by Gasteiger charge is 2.09. The molecule has 2 aromatic heterocycles. The largest absolute Gasteiger partial charge is 0.357 e. The Morgan fingerprint density at radius 2 is 2.21 bits per heavy atom. The van der Waals surface area contributed by atoms with E-state index >= 15 is 0 Å². The first-order valence-electron chi connectivity index (χ1n) is 8.64. The fraction of sp³-hybridized carbons (Fsp3) is 0.556. The van der Waals surface area contributed by atoms with Crippen molar-refractivity contribution in [3.8, 4) is 0 Å². The predicted molar refractivity (Wildman–Crippen MR) is 103 cm³/mol. The predicted octanol–water partition coefficient (Wildman–Crippen LogP) is 3.08. The fourth-order valence-corrected chi connectivity index (χ4v) is 3.55. The Kier molecular flexibility index (Phi) is 7.31. The van der Waals surface area contributed by atoms with E-state index in [0.29, 0.717) is 12.0 Å². The second-order valence-corrected chi connectivity index (χ2v) is 7.69. The molecule has 0 spiro atoms. The zero-order chi connectivity index (χ0) is 17.4. The van der Waals surface area contributed by atoms with Crippen LogP contribution in [0.25, 0.3) is 0 Å². The molecule has 0 saturated carbocycles. The van der Waals surface area contributed by atoms with E-state index in [1.165, 1.54) is 9.75 Å². The minimum atomic E-state index is 0.349. The maximum Gasteiger partial charge on any atom is 0.191 e. The summed E-state index contributed by atoms with van der Waals surface area (Å²) in [5.74, 6) is 1.33. The summed E-state index contributed by atoms with van der Waals surface area (Å²) >= 11 is 1.87. The number of aromatic nitrogens is 2. The van der Waals surface area contributed by atoms with Crippen LogP contribution >= 0.6 is 11.3 Å². The van der Waals surface area contributed by atoms with Crippen molar-refractivity contribution in [3.63, 3.8) is 0 Å². The number of nitrogens with one attached hydrogen (secondary N) is 2. The van der Waals surface area contributed by atoms with E-state index < -0.39 is 0 Å². The topological polar surface area (TPSA) is 54.2 Å². The number of hydrogen-bond donors (Lipinski definition) is 2. The van der Waals surface area contributed by atoms with Gasteiger partial charge in [-0.2, -0.15) is 5.10 Å². The average Bonchev–Trinajstić information content (AvgIpc) is 3.17. The van der Waals surface area contributed by atoms with E-state index in [-0.39, 0.29) is 0 Å². The van der Waals surface area contributed by atoms with Gasteiger partial charge in [-0.25, -0.2) is 0 Å². The summed E-state index contributed by atoms with van der Waals surface area (Å²) in [5, 5.41) is 11.1. The lowest BCUT2D eigenvalue weighted by Crippen LogP contribution is -2.43. The molecule has 24 heavy (non-hydrogen) atoms. The molecule has 5 nitrogen and oxygen atoms in total. The van der Waals surface area contributed by atoms with Crippen molar-refractivity contribution in [3.05, 3.63) is 40.3 Å². The Morgan fingerprint density at radius 1 is 1.38 bits per heavy atom. The Bertz CT molecular complexity index is 617. The first-order valence-corrected chi connectivity index (χ1v) is 9.46. The molecule has 0 aliphatic rings. The van der Waals surface area contributed by atoms with Crippen molar-refractivity contribution in [1.82, 2.24) is 20.4 Å². The molecular formula is C18H29N5S. The number of hydrogen-bond acceptors (Lipinski definition) is 3. The van der Waals surface area contributed by atoms with Crippen LogP contribution in [0.5, 0.6) is 0 Å². The number of nitrogens with zero attached hydrogens (tertiary/aromatic N) is 3. The Hall–Kier alpha value is -1.82. The van der Waals surface area contributed by atoms with E-state index in [1.807, 2.05) is 34.5 Å². The van der Waals surface area contributed by atoms with Crippen molar-refractivity contribution in [2.75, 3.05) is 13.1 Å². The zero-order valence-electron chi connectivity index (χ0n) is 15.1. The first-order chi connectivity index (χ1) is 11.6. The van der Waals surface area contributed by atoms with Gasteiger partial charge in [0.2, 0.25) is 0 Å². The Balaban J connectivity index is 1.84. The van der Waals surface area contributed by atoms with Crippen LogP contribution in [0.3, 0.4) is 0 Å². The standard InChI is InChI=1S/C18H29N5S/c1-5-19-18(20-12-14(2)13-23-10-6-9-21-23)22-15(3)11-17-8-7-16(4)24-17/h6-10,14-15H,5,11-13H2,1-4H3,(H2,19,20,22). The third kappa shape index (κ3) is 6.35. The molecule has 0 fully saturated rings. The van der Waals surface area contributed by atoms with E-state index in [4.69, 9.17) is 4.99 Å². The molecule has 2 unspecified atom stereocenters. The number of aliphatic imine (C=N–C) groups is 1. The maximum absolute atomic E-state index is 4.74. The highest BCUT2D eigenvalue weighted by Crippen LogP contribution is 2.16. The highest BCUT2D eigenvalue weighted by atomic mass is 32.1. The third-order valence-electron chi connectivity index (χ3n) is 3.65. The summed E-state index contributed by atoms with van der Waals surface area (Å²) in [6, 6.07) is 6.70. The van der Waals surface area contributed by atoms with Crippen LogP contribution in [0.15, 0.2) is 35.6 Å². The van der Waals surface area contributed by atoms with Gasteiger partial charge in [0.15, 0.2) is 5.96 Å². The molecule has 2 N–H and O–H groups in total. The molecule has 2 atom stereocenters. The summed E-state index contributed by atoms with van der Waals surface area (Å²) in [6.45, 7) is 11.2. The van der Waals surface area contributed by atoms with Crippen molar-refractivity contribution in [1.29, 1.82) is 0 Å². The Morgan fingerprint density at radius 3 is 2.83 bits per heavy atom. The molecular weight excluding hydrogens is 318 g/mol. The monoisotopic (exact) mass is 347 g/mol. The van der Waals surface area contributed by atoms with E-state index in [9.17, 15) is 0 Å². The van der Waals surface area contributed by atoms with Gasteiger partial charge in [-0.15, -0.1) is 11.3 Å². The number of thiophene rings is 1. The van der Waals surface area contributed by atoms with Crippen LogP contribution in [0, 0.1) is 12.8 Å². The number of aryl methyl sites for hydroxylation is 1. The summed E-state index contributed by atoms with van der Waals surface area (Å²) in [7, 11) is 0. The van der Waals surface area contributed by atoms with Gasteiger partial charge in [-0.05, 0) is 44.9 Å². The molecule has 0 aromatic carbocycles. The molecule has 0 saturated heterocycles. The molecule has 132 valence electrons. The molecule has 0 bridgehead atoms. The van der Waals surface area contributed by atoms with Crippen molar-refractivity contribution >= 4 is 17.3 Å². The SMILES string of the molecule is CCNC(=NCC(C)Cn1cccn1)NC(C)Cc1ccc(C)s1. The lowest BCUT2D eigenvalue weighted by Gasteiger charge is -2.18. The summed E-state index contributed by atoms with van der Waals surface area (Å²) in [6.07, 6.45) is 4.83. The molecule has 0 radical (unpaired) electrons. The van der Waals surface area contributed by atoms with Gasteiger partial charge in [0.1, 0.15) is 0 Å². The first kappa shape index (κ1) is 18.5. The van der Waals surface area contributed by atoms with Gasteiger partial charge in [0.05, 0.1) is 0 Å². The van der Waals surface area contributed by atoms with Gasteiger partial charge in [-0.1, -0.05) is 6.92 Å². The average molecular weight is 348 g/mol. The lowest BCUT2D eigenvalue weighted by molar-refractivity contribution is 0.457. The van der Waals surface area contributed by atoms with Crippen LogP contribution in [-0.2, 0) is 13.0 Å². The van der Waals surface area contributed by atoms with Gasteiger partial charge in [0, 0.05) is 54.2 Å².